The Kier molecular flexibility index (Phi) is 8.44. The van der Waals surface area contributed by atoms with Gasteiger partial charge in [-0.2, -0.15) is 23.1 Å². The van der Waals surface area contributed by atoms with Crippen LogP contribution in [0.3, 0.4) is 0 Å². The molecule has 1 aliphatic heterocycles. The summed E-state index contributed by atoms with van der Waals surface area (Å²) in [6, 6.07) is 0. The molecule has 0 radical (unpaired) electrons. The maximum absolute atomic E-state index is 13.4. The van der Waals surface area contributed by atoms with E-state index in [0.29, 0.717) is 57.3 Å². The van der Waals surface area contributed by atoms with Crippen LogP contribution in [0.15, 0.2) is 16.9 Å². The van der Waals surface area contributed by atoms with E-state index in [-0.39, 0.29) is 24.2 Å². The molecule has 0 saturated carbocycles. The normalized spacial score (nSPS) is 15.1. The van der Waals surface area contributed by atoms with Crippen LogP contribution in [0, 0.1) is 0 Å². The van der Waals surface area contributed by atoms with Gasteiger partial charge in [0.25, 0.3) is 0 Å². The largest absolute Gasteiger partial charge is 0.447 e. The predicted octanol–water partition coefficient (Wildman–Crippen LogP) is 2.38. The molecule has 13 heteroatoms. The molecule has 1 saturated heterocycles. The van der Waals surface area contributed by atoms with Gasteiger partial charge in [0.2, 0.25) is 11.9 Å². The number of hydrogen-bond acceptors (Lipinski definition) is 9. The number of hydrogen-bond donors (Lipinski definition) is 2. The van der Waals surface area contributed by atoms with Gasteiger partial charge in [0.1, 0.15) is 17.6 Å². The minimum absolute atomic E-state index is 0.0189. The lowest BCUT2D eigenvalue weighted by Gasteiger charge is -2.20. The Morgan fingerprint density at radius 3 is 2.82 bits per heavy atom. The summed E-state index contributed by atoms with van der Waals surface area (Å²) in [5, 5.41) is 5.50. The molecule has 0 spiro atoms. The van der Waals surface area contributed by atoms with Crippen molar-refractivity contribution in [3.63, 3.8) is 0 Å². The first-order chi connectivity index (χ1) is 15.7. The topological polar surface area (TPSA) is 109 Å². The molecule has 0 aliphatic carbocycles. The first-order valence-corrected chi connectivity index (χ1v) is 10.6. The van der Waals surface area contributed by atoms with E-state index in [1.54, 1.807) is 4.90 Å². The van der Waals surface area contributed by atoms with Crippen molar-refractivity contribution in [2.75, 3.05) is 64.1 Å². The molecule has 1 amide bonds. The number of carbonyl (C=O) groups is 1. The number of halogens is 3. The Bertz CT molecular complexity index is 921. The highest BCUT2D eigenvalue weighted by molar-refractivity contribution is 5.76. The molecule has 33 heavy (non-hydrogen) atoms. The summed E-state index contributed by atoms with van der Waals surface area (Å²) >= 11 is 0. The second kappa shape index (κ2) is 11.3. The summed E-state index contributed by atoms with van der Waals surface area (Å²) < 4.78 is 50.9. The van der Waals surface area contributed by atoms with E-state index in [4.69, 9.17) is 9.15 Å². The van der Waals surface area contributed by atoms with Crippen LogP contribution >= 0.6 is 0 Å². The van der Waals surface area contributed by atoms with Crippen molar-refractivity contribution in [3.8, 4) is 0 Å². The molecule has 3 rings (SSSR count). The smallest absolute Gasteiger partial charge is 0.421 e. The number of amides is 1. The molecule has 1 aliphatic rings. The fraction of sp³-hybridized carbons (Fsp3) is 0.600. The van der Waals surface area contributed by atoms with E-state index in [9.17, 15) is 18.0 Å². The summed E-state index contributed by atoms with van der Waals surface area (Å²) in [5.41, 5.74) is -0.973. The van der Waals surface area contributed by atoms with Crippen LogP contribution < -0.4 is 10.6 Å². The zero-order valence-corrected chi connectivity index (χ0v) is 18.6. The van der Waals surface area contributed by atoms with Gasteiger partial charge in [0.05, 0.1) is 19.6 Å². The molecule has 0 aromatic carbocycles. The van der Waals surface area contributed by atoms with E-state index in [1.165, 1.54) is 6.26 Å². The maximum atomic E-state index is 13.4. The van der Waals surface area contributed by atoms with E-state index in [1.807, 2.05) is 19.0 Å². The number of anilines is 3. The number of likely N-dealkylation sites (N-methyl/N-ethyl adjacent to an activating group) is 1. The summed E-state index contributed by atoms with van der Waals surface area (Å²) in [6.45, 7) is 2.67. The molecule has 3 heterocycles. The Labute approximate surface area is 189 Å². The standard InChI is InChI=1S/C20H28F3N7O3/c1-29(2)8-4-16-26-15(13-33-16)27-19-25-12-14(20(21,22)23)18(28-19)24-6-3-7-30-9-11-32-10-5-17(30)31/h12-13H,3-11H2,1-2H3,(H2,24,25,27,28). The Morgan fingerprint density at radius 2 is 2.06 bits per heavy atom. The summed E-state index contributed by atoms with van der Waals surface area (Å²) in [5.74, 6) is 0.385. The summed E-state index contributed by atoms with van der Waals surface area (Å²) in [6.07, 6.45) is -1.19. The summed E-state index contributed by atoms with van der Waals surface area (Å²) in [4.78, 5) is 27.6. The van der Waals surface area contributed by atoms with Crippen LogP contribution in [-0.4, -0.2) is 84.1 Å². The lowest BCUT2D eigenvalue weighted by atomic mass is 10.3. The fourth-order valence-electron chi connectivity index (χ4n) is 3.13. The summed E-state index contributed by atoms with van der Waals surface area (Å²) in [7, 11) is 3.85. The van der Waals surface area contributed by atoms with Crippen molar-refractivity contribution in [2.24, 2.45) is 0 Å². The molecule has 0 unspecified atom stereocenters. The average molecular weight is 471 g/mol. The Balaban J connectivity index is 1.62. The van der Waals surface area contributed by atoms with Gasteiger partial charge in [-0.05, 0) is 20.5 Å². The van der Waals surface area contributed by atoms with E-state index >= 15 is 0 Å². The monoisotopic (exact) mass is 471 g/mol. The number of rotatable bonds is 10. The number of carbonyl (C=O) groups excluding carboxylic acids is 1. The third-order valence-electron chi connectivity index (χ3n) is 4.87. The van der Waals surface area contributed by atoms with Crippen molar-refractivity contribution >= 4 is 23.5 Å². The highest BCUT2D eigenvalue weighted by Crippen LogP contribution is 2.34. The third-order valence-corrected chi connectivity index (χ3v) is 4.87. The lowest BCUT2D eigenvalue weighted by molar-refractivity contribution is -0.137. The minimum Gasteiger partial charge on any atom is -0.447 e. The van der Waals surface area contributed by atoms with Crippen LogP contribution in [0.2, 0.25) is 0 Å². The quantitative estimate of drug-likeness (QED) is 0.505. The zero-order valence-electron chi connectivity index (χ0n) is 18.6. The predicted molar refractivity (Wildman–Crippen MR) is 114 cm³/mol. The van der Waals surface area contributed by atoms with Crippen LogP contribution in [0.1, 0.15) is 24.3 Å². The molecule has 2 N–H and O–H groups in total. The molecule has 0 bridgehead atoms. The molecule has 10 nitrogen and oxygen atoms in total. The molecular weight excluding hydrogens is 443 g/mol. The number of ether oxygens (including phenoxy) is 1. The van der Waals surface area contributed by atoms with Gasteiger partial charge < -0.3 is 29.6 Å². The second-order valence-electron chi connectivity index (χ2n) is 7.78. The van der Waals surface area contributed by atoms with E-state index in [0.717, 1.165) is 12.7 Å². The van der Waals surface area contributed by atoms with Gasteiger partial charge in [-0.1, -0.05) is 0 Å². The van der Waals surface area contributed by atoms with Crippen molar-refractivity contribution in [3.05, 3.63) is 23.9 Å². The van der Waals surface area contributed by atoms with Crippen molar-refractivity contribution in [1.82, 2.24) is 24.8 Å². The third kappa shape index (κ3) is 7.56. The highest BCUT2D eigenvalue weighted by atomic mass is 19.4. The number of alkyl halides is 3. The SMILES string of the molecule is CN(C)CCc1nc(Nc2ncc(C(F)(F)F)c(NCCCN3CCOCCC3=O)n2)co1. The average Bonchev–Trinajstić information content (AvgIpc) is 3.09. The lowest BCUT2D eigenvalue weighted by Crippen LogP contribution is -2.33. The first-order valence-electron chi connectivity index (χ1n) is 10.6. The molecule has 0 atom stereocenters. The van der Waals surface area contributed by atoms with Crippen LogP contribution in [0.5, 0.6) is 0 Å². The van der Waals surface area contributed by atoms with Gasteiger partial charge in [-0.3, -0.25) is 4.79 Å². The Hall–Kier alpha value is -2.93. The zero-order chi connectivity index (χ0) is 23.8. The van der Waals surface area contributed by atoms with Crippen molar-refractivity contribution < 1.29 is 27.1 Å². The van der Waals surface area contributed by atoms with Crippen molar-refractivity contribution in [1.29, 1.82) is 0 Å². The van der Waals surface area contributed by atoms with Gasteiger partial charge in [-0.25, -0.2) is 4.98 Å². The second-order valence-corrected chi connectivity index (χ2v) is 7.78. The number of nitrogens with zero attached hydrogens (tertiary/aromatic N) is 5. The van der Waals surface area contributed by atoms with Crippen LogP contribution in [-0.2, 0) is 22.1 Å². The number of oxazole rings is 1. The molecule has 2 aromatic rings. The van der Waals surface area contributed by atoms with Gasteiger partial charge >= 0.3 is 6.18 Å². The molecule has 182 valence electrons. The van der Waals surface area contributed by atoms with Crippen LogP contribution in [0.25, 0.3) is 0 Å². The highest BCUT2D eigenvalue weighted by Gasteiger charge is 2.35. The molecule has 1 fully saturated rings. The number of aromatic nitrogens is 3. The molecular formula is C20H28F3N7O3. The van der Waals surface area contributed by atoms with E-state index in [2.05, 4.69) is 25.6 Å². The van der Waals surface area contributed by atoms with Gasteiger partial charge in [-0.15, -0.1) is 0 Å². The van der Waals surface area contributed by atoms with Gasteiger partial charge in [0.15, 0.2) is 11.7 Å². The fourth-order valence-corrected chi connectivity index (χ4v) is 3.13. The number of nitrogens with one attached hydrogen (secondary N) is 2. The van der Waals surface area contributed by atoms with E-state index < -0.39 is 11.7 Å². The Morgan fingerprint density at radius 1 is 1.24 bits per heavy atom. The minimum atomic E-state index is -4.62. The first kappa shape index (κ1) is 24.7. The van der Waals surface area contributed by atoms with Crippen LogP contribution in [0.4, 0.5) is 30.8 Å². The van der Waals surface area contributed by atoms with Crippen molar-refractivity contribution in [2.45, 2.75) is 25.4 Å². The maximum Gasteiger partial charge on any atom is 0.421 e. The molecule has 2 aromatic heterocycles. The van der Waals surface area contributed by atoms with Gasteiger partial charge in [0, 0.05) is 38.8 Å².